The summed E-state index contributed by atoms with van der Waals surface area (Å²) in [7, 11) is 0. The summed E-state index contributed by atoms with van der Waals surface area (Å²) in [6, 6.07) is 12.5. The Morgan fingerprint density at radius 1 is 1.11 bits per heavy atom. The van der Waals surface area contributed by atoms with Crippen molar-refractivity contribution in [2.45, 2.75) is 31.4 Å². The molecule has 0 saturated carbocycles. The van der Waals surface area contributed by atoms with E-state index in [4.69, 9.17) is 0 Å². The van der Waals surface area contributed by atoms with Gasteiger partial charge in [0.15, 0.2) is 0 Å². The number of hydrogen-bond donors (Lipinski definition) is 2. The summed E-state index contributed by atoms with van der Waals surface area (Å²) in [5.41, 5.74) is 1.03. The molecule has 1 aliphatic heterocycles. The van der Waals surface area contributed by atoms with E-state index in [-0.39, 0.29) is 6.04 Å². The average molecular weight is 320 g/mol. The zero-order chi connectivity index (χ0) is 13.2. The molecule has 1 saturated heterocycles. The van der Waals surface area contributed by atoms with Gasteiger partial charge in [0.05, 0.1) is 6.10 Å². The molecule has 0 radical (unpaired) electrons. The third kappa shape index (κ3) is 2.55. The molecule has 2 N–H and O–H groups in total. The Bertz CT molecular complexity index is 578. The molecule has 2 aromatic rings. The Labute approximate surface area is 122 Å². The van der Waals surface area contributed by atoms with Crippen LogP contribution in [0.5, 0.6) is 0 Å². The maximum atomic E-state index is 10.7. The van der Waals surface area contributed by atoms with Gasteiger partial charge in [-0.2, -0.15) is 0 Å². The first-order valence-corrected chi connectivity index (χ1v) is 7.65. The molecule has 0 bridgehead atoms. The lowest BCUT2D eigenvalue weighted by Gasteiger charge is -2.29. The molecular formula is C16H18BrNO. The standard InChI is InChI=1S/C16H18BrNO/c17-14-9-8-13(11-5-1-2-6-12(11)14)16(19)15-7-3-4-10-18-15/h1-2,5-6,8-9,15-16,18-19H,3-4,7,10H2. The van der Waals surface area contributed by atoms with E-state index in [1.165, 1.54) is 12.8 Å². The average Bonchev–Trinajstić information content (AvgIpc) is 2.48. The second-order valence-corrected chi connectivity index (χ2v) is 6.04. The molecule has 1 heterocycles. The molecule has 1 aliphatic rings. The van der Waals surface area contributed by atoms with E-state index in [1.54, 1.807) is 0 Å². The lowest BCUT2D eigenvalue weighted by Crippen LogP contribution is -2.38. The van der Waals surface area contributed by atoms with Crippen LogP contribution in [0.1, 0.15) is 30.9 Å². The number of aliphatic hydroxyl groups is 1. The summed E-state index contributed by atoms with van der Waals surface area (Å²) < 4.78 is 1.08. The van der Waals surface area contributed by atoms with Crippen LogP contribution in [-0.2, 0) is 0 Å². The normalized spacial score (nSPS) is 21.5. The van der Waals surface area contributed by atoms with Gasteiger partial charge < -0.3 is 10.4 Å². The number of rotatable bonds is 2. The lowest BCUT2D eigenvalue weighted by atomic mass is 9.92. The highest BCUT2D eigenvalue weighted by atomic mass is 79.9. The van der Waals surface area contributed by atoms with Gasteiger partial charge in [-0.1, -0.05) is 52.7 Å². The monoisotopic (exact) mass is 319 g/mol. The quantitative estimate of drug-likeness (QED) is 0.883. The molecule has 3 rings (SSSR count). The van der Waals surface area contributed by atoms with Gasteiger partial charge in [0, 0.05) is 10.5 Å². The van der Waals surface area contributed by atoms with Gasteiger partial charge in [-0.3, -0.25) is 0 Å². The van der Waals surface area contributed by atoms with Crippen LogP contribution in [0.15, 0.2) is 40.9 Å². The smallest absolute Gasteiger partial charge is 0.0948 e. The van der Waals surface area contributed by atoms with Crippen molar-refractivity contribution in [3.05, 3.63) is 46.4 Å². The number of piperidine rings is 1. The fraction of sp³-hybridized carbons (Fsp3) is 0.375. The van der Waals surface area contributed by atoms with Gasteiger partial charge in [0.1, 0.15) is 0 Å². The minimum atomic E-state index is -0.432. The topological polar surface area (TPSA) is 32.3 Å². The summed E-state index contributed by atoms with van der Waals surface area (Å²) in [5, 5.41) is 16.4. The van der Waals surface area contributed by atoms with Crippen molar-refractivity contribution in [1.82, 2.24) is 5.32 Å². The number of nitrogens with one attached hydrogen (secondary N) is 1. The van der Waals surface area contributed by atoms with E-state index in [0.717, 1.165) is 33.8 Å². The minimum absolute atomic E-state index is 0.179. The van der Waals surface area contributed by atoms with Crippen LogP contribution in [0.3, 0.4) is 0 Å². The third-order valence-electron chi connectivity index (χ3n) is 3.95. The van der Waals surface area contributed by atoms with Crippen LogP contribution in [0.25, 0.3) is 10.8 Å². The first-order valence-electron chi connectivity index (χ1n) is 6.86. The van der Waals surface area contributed by atoms with Gasteiger partial charge in [0.2, 0.25) is 0 Å². The maximum Gasteiger partial charge on any atom is 0.0948 e. The van der Waals surface area contributed by atoms with Gasteiger partial charge in [-0.25, -0.2) is 0 Å². The van der Waals surface area contributed by atoms with Crippen LogP contribution in [0.2, 0.25) is 0 Å². The molecule has 0 spiro atoms. The molecule has 100 valence electrons. The predicted octanol–water partition coefficient (Wildman–Crippen LogP) is 3.78. The largest absolute Gasteiger partial charge is 0.387 e. The van der Waals surface area contributed by atoms with Gasteiger partial charge in [-0.05, 0) is 41.8 Å². The Kier molecular flexibility index (Phi) is 3.87. The highest BCUT2D eigenvalue weighted by Crippen LogP contribution is 2.32. The van der Waals surface area contributed by atoms with Crippen LogP contribution >= 0.6 is 15.9 Å². The molecule has 2 nitrogen and oxygen atoms in total. The fourth-order valence-corrected chi connectivity index (χ4v) is 3.39. The highest BCUT2D eigenvalue weighted by Gasteiger charge is 2.24. The van der Waals surface area contributed by atoms with E-state index in [2.05, 4.69) is 33.4 Å². The number of aliphatic hydroxyl groups excluding tert-OH is 1. The van der Waals surface area contributed by atoms with Gasteiger partial charge >= 0.3 is 0 Å². The van der Waals surface area contributed by atoms with Crippen LogP contribution in [-0.4, -0.2) is 17.7 Å². The summed E-state index contributed by atoms with van der Waals surface area (Å²) >= 11 is 3.58. The van der Waals surface area contributed by atoms with E-state index in [0.29, 0.717) is 0 Å². The molecule has 2 unspecified atom stereocenters. The van der Waals surface area contributed by atoms with Gasteiger partial charge in [0.25, 0.3) is 0 Å². The number of fused-ring (bicyclic) bond motifs is 1. The predicted molar refractivity (Wildman–Crippen MR) is 82.2 cm³/mol. The first-order chi connectivity index (χ1) is 9.27. The van der Waals surface area contributed by atoms with E-state index in [1.807, 2.05) is 24.3 Å². The SMILES string of the molecule is OC(c1ccc(Br)c2ccccc12)C1CCCCN1. The van der Waals surface area contributed by atoms with E-state index < -0.39 is 6.10 Å². The number of hydrogen-bond acceptors (Lipinski definition) is 2. The van der Waals surface area contributed by atoms with Crippen molar-refractivity contribution < 1.29 is 5.11 Å². The molecule has 1 fully saturated rings. The van der Waals surface area contributed by atoms with Crippen molar-refractivity contribution in [1.29, 1.82) is 0 Å². The molecule has 0 aromatic heterocycles. The maximum absolute atomic E-state index is 10.7. The molecule has 0 amide bonds. The molecule has 2 aromatic carbocycles. The Hall–Kier alpha value is -0.900. The Morgan fingerprint density at radius 2 is 1.89 bits per heavy atom. The molecule has 0 aliphatic carbocycles. The first kappa shape index (κ1) is 13.1. The second-order valence-electron chi connectivity index (χ2n) is 5.18. The summed E-state index contributed by atoms with van der Waals surface area (Å²) in [6.07, 6.45) is 3.03. The second kappa shape index (κ2) is 5.61. The third-order valence-corrected chi connectivity index (χ3v) is 4.64. The van der Waals surface area contributed by atoms with E-state index in [9.17, 15) is 5.11 Å². The number of benzene rings is 2. The molecular weight excluding hydrogens is 302 g/mol. The lowest BCUT2D eigenvalue weighted by molar-refractivity contribution is 0.115. The molecule has 2 atom stereocenters. The number of halogens is 1. The highest BCUT2D eigenvalue weighted by molar-refractivity contribution is 9.10. The summed E-state index contributed by atoms with van der Waals surface area (Å²) in [5.74, 6) is 0. The minimum Gasteiger partial charge on any atom is -0.387 e. The van der Waals surface area contributed by atoms with Crippen molar-refractivity contribution in [3.8, 4) is 0 Å². The zero-order valence-corrected chi connectivity index (χ0v) is 12.4. The van der Waals surface area contributed by atoms with Crippen LogP contribution < -0.4 is 5.32 Å². The van der Waals surface area contributed by atoms with Crippen molar-refractivity contribution in [2.24, 2.45) is 0 Å². The Morgan fingerprint density at radius 3 is 2.63 bits per heavy atom. The molecule has 19 heavy (non-hydrogen) atoms. The van der Waals surface area contributed by atoms with Gasteiger partial charge in [-0.15, -0.1) is 0 Å². The molecule has 3 heteroatoms. The fourth-order valence-electron chi connectivity index (χ4n) is 2.91. The van der Waals surface area contributed by atoms with Crippen molar-refractivity contribution >= 4 is 26.7 Å². The summed E-state index contributed by atoms with van der Waals surface area (Å²) in [6.45, 7) is 1.01. The summed E-state index contributed by atoms with van der Waals surface area (Å²) in [4.78, 5) is 0. The zero-order valence-electron chi connectivity index (χ0n) is 10.8. The van der Waals surface area contributed by atoms with Crippen molar-refractivity contribution in [3.63, 3.8) is 0 Å². The van der Waals surface area contributed by atoms with E-state index >= 15 is 0 Å². The van der Waals surface area contributed by atoms with Crippen molar-refractivity contribution in [2.75, 3.05) is 6.54 Å². The van der Waals surface area contributed by atoms with Crippen LogP contribution in [0.4, 0.5) is 0 Å². The van der Waals surface area contributed by atoms with Crippen LogP contribution in [0, 0.1) is 0 Å². The Balaban J connectivity index is 2.02.